The van der Waals surface area contributed by atoms with Crippen LogP contribution in [0, 0.1) is 11.3 Å². The molecule has 0 saturated carbocycles. The molecule has 2 saturated heterocycles. The minimum atomic E-state index is -0.520. The van der Waals surface area contributed by atoms with Crippen molar-refractivity contribution in [1.82, 2.24) is 9.80 Å². The third-order valence-electron chi connectivity index (χ3n) is 5.86. The van der Waals surface area contributed by atoms with Gasteiger partial charge in [-0.1, -0.05) is 60.7 Å². The molecule has 0 aliphatic carbocycles. The van der Waals surface area contributed by atoms with Gasteiger partial charge in [0.15, 0.2) is 0 Å². The zero-order valence-electron chi connectivity index (χ0n) is 19.5. The summed E-state index contributed by atoms with van der Waals surface area (Å²) < 4.78 is 10.4. The molecule has 2 aromatic rings. The van der Waals surface area contributed by atoms with Gasteiger partial charge in [-0.25, -0.2) is 9.59 Å². The Bertz CT molecular complexity index is 1030. The monoisotopic (exact) mass is 478 g/mol. The lowest BCUT2D eigenvalue weighted by molar-refractivity contribution is -0.121. The number of hydrogen-bond acceptors (Lipinski definition) is 6. The SMILES string of the molecule is N#C[C@@H]1CCCN1C(=O)OCc1ccccc1.NC(=O)[C@@H]1CCCN1C(=O)OCc1ccccc1. The van der Waals surface area contributed by atoms with Crippen molar-refractivity contribution in [2.75, 3.05) is 13.1 Å². The molecule has 0 radical (unpaired) electrons. The number of primary amides is 1. The van der Waals surface area contributed by atoms with Crippen LogP contribution in [-0.4, -0.2) is 53.1 Å². The number of nitriles is 1. The topological polar surface area (TPSA) is 126 Å². The standard InChI is InChI=1S/C13H16N2O3.C13H14N2O2/c14-12(16)11-7-4-8-15(11)13(17)18-9-10-5-2-1-3-6-10;14-9-12-7-4-8-15(12)13(16)17-10-11-5-2-1-3-6-11/h1-3,5-6,11H,4,7-9H2,(H2,14,16);1-3,5-6,12H,4,7-8,10H2/t11-;12-/m00/s1. The van der Waals surface area contributed by atoms with Crippen LogP contribution in [0.2, 0.25) is 0 Å². The predicted octanol–water partition coefficient (Wildman–Crippen LogP) is 3.58. The number of hydrogen-bond donors (Lipinski definition) is 1. The number of carbonyl (C=O) groups is 3. The lowest BCUT2D eigenvalue weighted by Crippen LogP contribution is -2.43. The Hall–Kier alpha value is -4.06. The third kappa shape index (κ3) is 7.47. The first-order valence-corrected chi connectivity index (χ1v) is 11.6. The number of amides is 3. The molecule has 2 N–H and O–H groups in total. The molecule has 2 heterocycles. The molecule has 35 heavy (non-hydrogen) atoms. The molecule has 2 aliphatic heterocycles. The Morgan fingerprint density at radius 2 is 1.31 bits per heavy atom. The summed E-state index contributed by atoms with van der Waals surface area (Å²) in [4.78, 5) is 37.6. The largest absolute Gasteiger partial charge is 0.445 e. The molecule has 2 fully saturated rings. The summed E-state index contributed by atoms with van der Waals surface area (Å²) in [7, 11) is 0. The first kappa shape index (κ1) is 25.6. The molecule has 184 valence electrons. The van der Waals surface area contributed by atoms with Crippen molar-refractivity contribution < 1.29 is 23.9 Å². The first-order valence-electron chi connectivity index (χ1n) is 11.6. The predicted molar refractivity (Wildman–Crippen MR) is 128 cm³/mol. The summed E-state index contributed by atoms with van der Waals surface area (Å²) in [5.74, 6) is -0.468. The molecule has 0 bridgehead atoms. The van der Waals surface area contributed by atoms with Crippen LogP contribution in [0.5, 0.6) is 0 Å². The van der Waals surface area contributed by atoms with Gasteiger partial charge in [0.05, 0.1) is 6.07 Å². The maximum atomic E-state index is 11.8. The van der Waals surface area contributed by atoms with Crippen molar-refractivity contribution >= 4 is 18.1 Å². The van der Waals surface area contributed by atoms with Crippen LogP contribution in [0.3, 0.4) is 0 Å². The fourth-order valence-electron chi connectivity index (χ4n) is 4.00. The number of nitrogens with zero attached hydrogens (tertiary/aromatic N) is 3. The van der Waals surface area contributed by atoms with Crippen LogP contribution in [0.15, 0.2) is 60.7 Å². The zero-order chi connectivity index (χ0) is 25.0. The molecule has 2 atom stereocenters. The lowest BCUT2D eigenvalue weighted by atomic mass is 10.2. The van der Waals surface area contributed by atoms with Crippen LogP contribution in [0.4, 0.5) is 9.59 Å². The van der Waals surface area contributed by atoms with E-state index in [-0.39, 0.29) is 19.3 Å². The lowest BCUT2D eigenvalue weighted by Gasteiger charge is -2.21. The van der Waals surface area contributed by atoms with E-state index in [9.17, 15) is 14.4 Å². The number of carbonyl (C=O) groups excluding carboxylic acids is 3. The van der Waals surface area contributed by atoms with Crippen molar-refractivity contribution in [3.63, 3.8) is 0 Å². The fraction of sp³-hybridized carbons (Fsp3) is 0.385. The second-order valence-electron chi connectivity index (χ2n) is 8.31. The van der Waals surface area contributed by atoms with Gasteiger partial charge in [0, 0.05) is 13.1 Å². The summed E-state index contributed by atoms with van der Waals surface area (Å²) in [6.45, 7) is 1.61. The first-order chi connectivity index (χ1) is 17.0. The Balaban J connectivity index is 0.000000196. The van der Waals surface area contributed by atoms with Gasteiger partial charge < -0.3 is 15.2 Å². The van der Waals surface area contributed by atoms with Gasteiger partial charge >= 0.3 is 12.2 Å². The average molecular weight is 479 g/mol. The second-order valence-corrected chi connectivity index (χ2v) is 8.31. The van der Waals surface area contributed by atoms with Gasteiger partial charge in [-0.3, -0.25) is 14.6 Å². The van der Waals surface area contributed by atoms with E-state index < -0.39 is 24.1 Å². The Morgan fingerprint density at radius 3 is 1.83 bits per heavy atom. The van der Waals surface area contributed by atoms with Crippen LogP contribution < -0.4 is 5.73 Å². The second kappa shape index (κ2) is 13.0. The van der Waals surface area contributed by atoms with Gasteiger partial charge in [0.2, 0.25) is 5.91 Å². The van der Waals surface area contributed by atoms with E-state index in [1.165, 1.54) is 9.80 Å². The number of likely N-dealkylation sites (tertiary alicyclic amines) is 2. The summed E-state index contributed by atoms with van der Waals surface area (Å²) in [6.07, 6.45) is 2.16. The van der Waals surface area contributed by atoms with Crippen LogP contribution >= 0.6 is 0 Å². The Kier molecular flexibility index (Phi) is 9.49. The van der Waals surface area contributed by atoms with Gasteiger partial charge in [0.1, 0.15) is 25.3 Å². The zero-order valence-corrected chi connectivity index (χ0v) is 19.5. The van der Waals surface area contributed by atoms with E-state index in [1.54, 1.807) is 0 Å². The van der Waals surface area contributed by atoms with E-state index in [0.29, 0.717) is 19.5 Å². The molecule has 2 aromatic carbocycles. The van der Waals surface area contributed by atoms with Crippen molar-refractivity contribution in [3.8, 4) is 6.07 Å². The maximum Gasteiger partial charge on any atom is 0.411 e. The highest BCUT2D eigenvalue weighted by molar-refractivity contribution is 5.84. The summed E-state index contributed by atoms with van der Waals surface area (Å²) in [5, 5.41) is 8.87. The maximum absolute atomic E-state index is 11.8. The quantitative estimate of drug-likeness (QED) is 0.700. The average Bonchev–Trinajstić information content (AvgIpc) is 3.58. The molecule has 0 spiro atoms. The molecule has 0 unspecified atom stereocenters. The normalized spacial score (nSPS) is 18.7. The summed E-state index contributed by atoms with van der Waals surface area (Å²) >= 11 is 0. The minimum absolute atomic E-state index is 0.210. The molecule has 4 rings (SSSR count). The summed E-state index contributed by atoms with van der Waals surface area (Å²) in [6, 6.07) is 20.2. The minimum Gasteiger partial charge on any atom is -0.445 e. The molecule has 0 aromatic heterocycles. The number of benzene rings is 2. The Morgan fingerprint density at radius 1 is 0.829 bits per heavy atom. The highest BCUT2D eigenvalue weighted by atomic mass is 16.6. The van der Waals surface area contributed by atoms with E-state index in [4.69, 9.17) is 20.5 Å². The fourth-order valence-corrected chi connectivity index (χ4v) is 4.00. The molecular formula is C26H30N4O5. The van der Waals surface area contributed by atoms with Gasteiger partial charge in [-0.2, -0.15) is 5.26 Å². The summed E-state index contributed by atoms with van der Waals surface area (Å²) in [5.41, 5.74) is 7.11. The Labute approximate surface area is 205 Å². The number of rotatable bonds is 5. The molecule has 2 aliphatic rings. The molecular weight excluding hydrogens is 448 g/mol. The molecule has 9 nitrogen and oxygen atoms in total. The highest BCUT2D eigenvalue weighted by Gasteiger charge is 2.33. The van der Waals surface area contributed by atoms with Crippen molar-refractivity contribution in [1.29, 1.82) is 5.26 Å². The number of ether oxygens (including phenoxy) is 2. The van der Waals surface area contributed by atoms with Crippen molar-refractivity contribution in [3.05, 3.63) is 71.8 Å². The smallest absolute Gasteiger partial charge is 0.411 e. The molecule has 9 heteroatoms. The van der Waals surface area contributed by atoms with E-state index >= 15 is 0 Å². The number of nitrogens with two attached hydrogens (primary N) is 1. The molecule has 3 amide bonds. The van der Waals surface area contributed by atoms with Crippen LogP contribution in [-0.2, 0) is 27.5 Å². The van der Waals surface area contributed by atoms with Gasteiger partial charge in [-0.05, 0) is 36.8 Å². The van der Waals surface area contributed by atoms with Gasteiger partial charge in [-0.15, -0.1) is 0 Å². The van der Waals surface area contributed by atoms with Crippen molar-refractivity contribution in [2.24, 2.45) is 5.73 Å². The van der Waals surface area contributed by atoms with E-state index in [0.717, 1.165) is 30.4 Å². The van der Waals surface area contributed by atoms with E-state index in [2.05, 4.69) is 6.07 Å². The van der Waals surface area contributed by atoms with Crippen LogP contribution in [0.25, 0.3) is 0 Å². The third-order valence-corrected chi connectivity index (χ3v) is 5.86. The van der Waals surface area contributed by atoms with Crippen molar-refractivity contribution in [2.45, 2.75) is 51.0 Å². The van der Waals surface area contributed by atoms with E-state index in [1.807, 2.05) is 60.7 Å². The highest BCUT2D eigenvalue weighted by Crippen LogP contribution is 2.19. The van der Waals surface area contributed by atoms with Crippen LogP contribution in [0.1, 0.15) is 36.8 Å². The van der Waals surface area contributed by atoms with Gasteiger partial charge in [0.25, 0.3) is 0 Å².